The summed E-state index contributed by atoms with van der Waals surface area (Å²) < 4.78 is 0. The number of nitrogens with one attached hydrogen (secondary N) is 1. The Bertz CT molecular complexity index is 1220. The number of carbonyl (C=O) groups excluding carboxylic acids is 2. The molecule has 8 heteroatoms. The first-order chi connectivity index (χ1) is 16.0. The molecule has 1 atom stereocenters. The highest BCUT2D eigenvalue weighted by atomic mass is 16.2. The van der Waals surface area contributed by atoms with E-state index in [1.54, 1.807) is 13.1 Å². The highest BCUT2D eigenvalue weighted by molar-refractivity contribution is 6.05. The molecule has 33 heavy (non-hydrogen) atoms. The summed E-state index contributed by atoms with van der Waals surface area (Å²) in [5, 5.41) is 4.18. The molecule has 2 amide bonds. The average molecular weight is 445 g/mol. The molecule has 0 bridgehead atoms. The Kier molecular flexibility index (Phi) is 5.66. The van der Waals surface area contributed by atoms with Crippen molar-refractivity contribution in [1.29, 1.82) is 0 Å². The van der Waals surface area contributed by atoms with Crippen LogP contribution in [0.25, 0.3) is 10.9 Å². The summed E-state index contributed by atoms with van der Waals surface area (Å²) in [6, 6.07) is 9.56. The first-order valence-corrected chi connectivity index (χ1v) is 11.5. The number of aromatic nitrogens is 3. The van der Waals surface area contributed by atoms with E-state index in [0.717, 1.165) is 53.2 Å². The van der Waals surface area contributed by atoms with Gasteiger partial charge in [-0.05, 0) is 31.4 Å². The van der Waals surface area contributed by atoms with E-state index in [1.165, 1.54) is 0 Å². The zero-order chi connectivity index (χ0) is 22.9. The lowest BCUT2D eigenvalue weighted by Crippen LogP contribution is -2.39. The zero-order valence-electron chi connectivity index (χ0n) is 19.0. The second-order valence-electron chi connectivity index (χ2n) is 8.77. The normalized spacial score (nSPS) is 18.2. The molecule has 1 N–H and O–H groups in total. The van der Waals surface area contributed by atoms with E-state index in [9.17, 15) is 9.59 Å². The van der Waals surface area contributed by atoms with Gasteiger partial charge in [-0.15, -0.1) is 0 Å². The van der Waals surface area contributed by atoms with Crippen LogP contribution < -0.4 is 5.32 Å². The number of anilines is 1. The van der Waals surface area contributed by atoms with Crippen LogP contribution in [0.3, 0.4) is 0 Å². The third-order valence-electron chi connectivity index (χ3n) is 6.70. The maximum absolute atomic E-state index is 13.5. The summed E-state index contributed by atoms with van der Waals surface area (Å²) in [5.74, 6) is 1.75. The molecule has 2 aromatic heterocycles. The van der Waals surface area contributed by atoms with Crippen LogP contribution in [-0.4, -0.2) is 63.2 Å². The standard InChI is InChI=1S/C25H28N6O2/c1-16(32)30-12-5-8-18(14-30)23-28-21-15-31(13-10-19(21)24(26-2)29-23)25(33)20-9-3-6-17-7-4-11-27-22(17)20/h3-4,6-7,9,11,18H,5,8,10,12-15H2,1-2H3,(H,26,28,29)/t18-/m1/s1. The third kappa shape index (κ3) is 4.01. The average Bonchev–Trinajstić information content (AvgIpc) is 2.86. The molecule has 8 nitrogen and oxygen atoms in total. The van der Waals surface area contributed by atoms with Crippen molar-refractivity contribution in [1.82, 2.24) is 24.8 Å². The van der Waals surface area contributed by atoms with E-state index in [-0.39, 0.29) is 17.7 Å². The van der Waals surface area contributed by atoms with Crippen LogP contribution in [0.2, 0.25) is 0 Å². The number of piperidine rings is 1. The van der Waals surface area contributed by atoms with Crippen LogP contribution in [0.5, 0.6) is 0 Å². The van der Waals surface area contributed by atoms with Crippen LogP contribution in [0.4, 0.5) is 5.82 Å². The fourth-order valence-corrected chi connectivity index (χ4v) is 4.93. The van der Waals surface area contributed by atoms with Crippen LogP contribution in [0, 0.1) is 0 Å². The molecule has 3 aromatic rings. The summed E-state index contributed by atoms with van der Waals surface area (Å²) >= 11 is 0. The second kappa shape index (κ2) is 8.77. The van der Waals surface area contributed by atoms with Gasteiger partial charge in [0.25, 0.3) is 5.91 Å². The van der Waals surface area contributed by atoms with Crippen LogP contribution in [-0.2, 0) is 17.8 Å². The monoisotopic (exact) mass is 444 g/mol. The number of para-hydroxylation sites is 1. The number of pyridine rings is 1. The van der Waals surface area contributed by atoms with Crippen molar-refractivity contribution in [2.45, 2.75) is 38.6 Å². The van der Waals surface area contributed by atoms with Crippen molar-refractivity contribution in [2.75, 3.05) is 32.0 Å². The van der Waals surface area contributed by atoms with Gasteiger partial charge in [-0.3, -0.25) is 14.6 Å². The molecule has 1 saturated heterocycles. The van der Waals surface area contributed by atoms with Crippen LogP contribution in [0.15, 0.2) is 36.5 Å². The Morgan fingerprint density at radius 1 is 1.09 bits per heavy atom. The van der Waals surface area contributed by atoms with Gasteiger partial charge in [-0.2, -0.15) is 0 Å². The van der Waals surface area contributed by atoms with E-state index in [0.29, 0.717) is 31.6 Å². The highest BCUT2D eigenvalue weighted by Gasteiger charge is 2.30. The lowest BCUT2D eigenvalue weighted by Gasteiger charge is -2.33. The van der Waals surface area contributed by atoms with E-state index < -0.39 is 0 Å². The smallest absolute Gasteiger partial charge is 0.256 e. The Morgan fingerprint density at radius 3 is 2.76 bits per heavy atom. The minimum atomic E-state index is -0.0310. The molecule has 1 fully saturated rings. The summed E-state index contributed by atoms with van der Waals surface area (Å²) in [4.78, 5) is 43.3. The van der Waals surface area contributed by atoms with Gasteiger partial charge < -0.3 is 15.1 Å². The van der Waals surface area contributed by atoms with E-state index in [4.69, 9.17) is 9.97 Å². The molecule has 0 unspecified atom stereocenters. The zero-order valence-corrected chi connectivity index (χ0v) is 19.0. The minimum Gasteiger partial charge on any atom is -0.373 e. The van der Waals surface area contributed by atoms with Gasteiger partial charge in [0.1, 0.15) is 11.6 Å². The largest absolute Gasteiger partial charge is 0.373 e. The lowest BCUT2D eigenvalue weighted by atomic mass is 9.96. The third-order valence-corrected chi connectivity index (χ3v) is 6.70. The molecular formula is C25H28N6O2. The molecule has 4 heterocycles. The van der Waals surface area contributed by atoms with Crippen molar-refractivity contribution in [2.24, 2.45) is 0 Å². The fraction of sp³-hybridized carbons (Fsp3) is 0.400. The molecule has 5 rings (SSSR count). The van der Waals surface area contributed by atoms with Crippen LogP contribution in [0.1, 0.15) is 53.1 Å². The molecule has 1 aromatic carbocycles. The Morgan fingerprint density at radius 2 is 1.94 bits per heavy atom. The summed E-state index contributed by atoms with van der Waals surface area (Å²) in [6.45, 7) is 4.08. The van der Waals surface area contributed by atoms with E-state index in [1.807, 2.05) is 47.2 Å². The number of hydrogen-bond donors (Lipinski definition) is 1. The molecular weight excluding hydrogens is 416 g/mol. The summed E-state index contributed by atoms with van der Waals surface area (Å²) in [5.41, 5.74) is 3.29. The summed E-state index contributed by atoms with van der Waals surface area (Å²) in [6.07, 6.45) is 4.31. The number of carbonyl (C=O) groups is 2. The number of amides is 2. The number of nitrogens with zero attached hydrogens (tertiary/aromatic N) is 5. The minimum absolute atomic E-state index is 0.0310. The summed E-state index contributed by atoms with van der Waals surface area (Å²) in [7, 11) is 1.87. The lowest BCUT2D eigenvalue weighted by molar-refractivity contribution is -0.130. The van der Waals surface area contributed by atoms with Gasteiger partial charge >= 0.3 is 0 Å². The quantitative estimate of drug-likeness (QED) is 0.668. The van der Waals surface area contributed by atoms with Crippen molar-refractivity contribution in [3.05, 3.63) is 59.2 Å². The molecule has 0 radical (unpaired) electrons. The molecule has 0 spiro atoms. The van der Waals surface area contributed by atoms with Crippen molar-refractivity contribution in [3.63, 3.8) is 0 Å². The molecule has 0 aliphatic carbocycles. The fourth-order valence-electron chi connectivity index (χ4n) is 4.93. The SMILES string of the molecule is CNc1nc([C@@H]2CCCN(C(C)=O)C2)nc2c1CCN(C(=O)c1cccc3cccnc13)C2. The number of benzene rings is 1. The van der Waals surface area contributed by atoms with E-state index in [2.05, 4.69) is 10.3 Å². The predicted molar refractivity (Wildman–Crippen MR) is 126 cm³/mol. The van der Waals surface area contributed by atoms with Crippen molar-refractivity contribution < 1.29 is 9.59 Å². The molecule has 0 saturated carbocycles. The maximum atomic E-state index is 13.5. The Balaban J connectivity index is 1.45. The second-order valence-corrected chi connectivity index (χ2v) is 8.77. The molecule has 170 valence electrons. The Labute approximate surface area is 193 Å². The number of hydrogen-bond acceptors (Lipinski definition) is 6. The highest BCUT2D eigenvalue weighted by Crippen LogP contribution is 2.30. The molecule has 2 aliphatic heterocycles. The predicted octanol–water partition coefficient (Wildman–Crippen LogP) is 2.99. The maximum Gasteiger partial charge on any atom is 0.256 e. The van der Waals surface area contributed by atoms with Gasteiger partial charge in [0.05, 0.1) is 23.3 Å². The first-order valence-electron chi connectivity index (χ1n) is 11.5. The van der Waals surface area contributed by atoms with Gasteiger partial charge in [0.15, 0.2) is 0 Å². The van der Waals surface area contributed by atoms with Gasteiger partial charge in [0, 0.05) is 56.7 Å². The van der Waals surface area contributed by atoms with Gasteiger partial charge in [-0.1, -0.05) is 18.2 Å². The Hall–Kier alpha value is -3.55. The van der Waals surface area contributed by atoms with E-state index >= 15 is 0 Å². The van der Waals surface area contributed by atoms with Crippen molar-refractivity contribution >= 4 is 28.5 Å². The topological polar surface area (TPSA) is 91.3 Å². The van der Waals surface area contributed by atoms with Gasteiger partial charge in [-0.25, -0.2) is 9.97 Å². The van der Waals surface area contributed by atoms with Gasteiger partial charge in [0.2, 0.25) is 5.91 Å². The number of rotatable bonds is 3. The van der Waals surface area contributed by atoms with Crippen LogP contribution >= 0.6 is 0 Å². The molecule has 2 aliphatic rings. The first kappa shape index (κ1) is 21.3. The van der Waals surface area contributed by atoms with Crippen molar-refractivity contribution in [3.8, 4) is 0 Å². The number of likely N-dealkylation sites (tertiary alicyclic amines) is 1. The number of fused-ring (bicyclic) bond motifs is 2.